The molecule has 3 aromatic rings. The maximum atomic E-state index is 13.3. The van der Waals surface area contributed by atoms with E-state index in [2.05, 4.69) is 32.2 Å². The Balaban J connectivity index is 1.41. The molecule has 6 heteroatoms. The molecule has 0 radical (unpaired) electrons. The fourth-order valence-electron chi connectivity index (χ4n) is 4.82. The summed E-state index contributed by atoms with van der Waals surface area (Å²) in [7, 11) is 1.63. The first-order valence-electron chi connectivity index (χ1n) is 13.7. The number of fused-ring (bicyclic) bond motifs is 1. The number of amides is 1. The summed E-state index contributed by atoms with van der Waals surface area (Å²) < 4.78 is 11.2. The maximum Gasteiger partial charge on any atom is 0.255 e. The molecule has 0 bridgehead atoms. The summed E-state index contributed by atoms with van der Waals surface area (Å²) >= 11 is 0. The van der Waals surface area contributed by atoms with Crippen LogP contribution in [-0.2, 0) is 6.42 Å². The second kappa shape index (κ2) is 12.7. The first kappa shape index (κ1) is 28.1. The zero-order valence-corrected chi connectivity index (χ0v) is 23.4. The number of carbonyl (C=O) groups is 2. The molecule has 39 heavy (non-hydrogen) atoms. The molecule has 0 saturated heterocycles. The Morgan fingerprint density at radius 2 is 1.69 bits per heavy atom. The summed E-state index contributed by atoms with van der Waals surface area (Å²) in [6, 6.07) is 20.1. The fourth-order valence-corrected chi connectivity index (χ4v) is 4.82. The summed E-state index contributed by atoms with van der Waals surface area (Å²) in [6.45, 7) is 7.01. The van der Waals surface area contributed by atoms with E-state index >= 15 is 0 Å². The van der Waals surface area contributed by atoms with Gasteiger partial charge in [0.25, 0.3) is 5.91 Å². The van der Waals surface area contributed by atoms with E-state index in [9.17, 15) is 9.59 Å². The third-order valence-corrected chi connectivity index (χ3v) is 6.84. The van der Waals surface area contributed by atoms with Crippen molar-refractivity contribution >= 4 is 23.1 Å². The second-order valence-corrected chi connectivity index (χ2v) is 10.6. The fraction of sp³-hybridized carbons (Fsp3) is 0.364. The Labute approximate surface area is 231 Å². The highest BCUT2D eigenvalue weighted by molar-refractivity contribution is 6.17. The van der Waals surface area contributed by atoms with Gasteiger partial charge in [-0.25, -0.2) is 0 Å². The van der Waals surface area contributed by atoms with Crippen molar-refractivity contribution < 1.29 is 19.1 Å². The van der Waals surface area contributed by atoms with Gasteiger partial charge in [-0.1, -0.05) is 44.4 Å². The first-order chi connectivity index (χ1) is 18.8. The molecule has 1 heterocycles. The molecule has 0 saturated carbocycles. The Morgan fingerprint density at radius 1 is 0.923 bits per heavy atom. The number of unbranched alkanes of at least 4 members (excludes halogenated alkanes) is 3. The number of Topliss-reactive ketones (excluding diaryl/α,β-unsaturated/α-hetero) is 1. The van der Waals surface area contributed by atoms with Crippen molar-refractivity contribution in [1.82, 2.24) is 0 Å². The van der Waals surface area contributed by atoms with Crippen LogP contribution in [0, 0.1) is 0 Å². The number of ether oxygens (including phenoxy) is 2. The smallest absolute Gasteiger partial charge is 0.255 e. The van der Waals surface area contributed by atoms with Crippen molar-refractivity contribution in [2.45, 2.75) is 64.8 Å². The van der Waals surface area contributed by atoms with E-state index in [1.807, 2.05) is 24.3 Å². The van der Waals surface area contributed by atoms with E-state index in [0.717, 1.165) is 47.6 Å². The quantitative estimate of drug-likeness (QED) is 0.198. The van der Waals surface area contributed by atoms with Gasteiger partial charge in [-0.3, -0.25) is 14.6 Å². The molecule has 0 atom stereocenters. The number of nitrogens with zero attached hydrogens (tertiary/aromatic N) is 1. The average molecular weight is 527 g/mol. The van der Waals surface area contributed by atoms with Crippen molar-refractivity contribution in [3.63, 3.8) is 0 Å². The Hall–Kier alpha value is -3.93. The molecule has 0 aliphatic carbocycles. The van der Waals surface area contributed by atoms with Crippen LogP contribution in [-0.4, -0.2) is 36.7 Å². The molecule has 0 spiro atoms. The molecule has 3 aromatic carbocycles. The minimum Gasteiger partial charge on any atom is -0.497 e. The lowest BCUT2D eigenvalue weighted by Gasteiger charge is -2.29. The summed E-state index contributed by atoms with van der Waals surface area (Å²) in [5, 5.41) is 2.91. The van der Waals surface area contributed by atoms with E-state index in [1.165, 1.54) is 12.8 Å². The number of methoxy groups -OCH3 is 1. The third kappa shape index (κ3) is 7.56. The molecule has 204 valence electrons. The largest absolute Gasteiger partial charge is 0.497 e. The molecule has 1 amide bonds. The van der Waals surface area contributed by atoms with Crippen LogP contribution in [0.5, 0.6) is 11.5 Å². The topological polar surface area (TPSA) is 77.0 Å². The zero-order chi connectivity index (χ0) is 27.8. The number of ketones is 1. The van der Waals surface area contributed by atoms with Crippen molar-refractivity contribution in [2.24, 2.45) is 4.99 Å². The van der Waals surface area contributed by atoms with E-state index in [1.54, 1.807) is 43.5 Å². The van der Waals surface area contributed by atoms with Gasteiger partial charge in [0, 0.05) is 22.4 Å². The molecule has 1 N–H and O–H groups in total. The average Bonchev–Trinajstić information content (AvgIpc) is 2.92. The minimum absolute atomic E-state index is 0.0586. The monoisotopic (exact) mass is 526 g/mol. The van der Waals surface area contributed by atoms with Crippen LogP contribution >= 0.6 is 0 Å². The molecule has 4 rings (SSSR count). The molecule has 6 nitrogen and oxygen atoms in total. The summed E-state index contributed by atoms with van der Waals surface area (Å²) in [6.07, 6.45) is 5.56. The van der Waals surface area contributed by atoms with Gasteiger partial charge in [0.2, 0.25) is 0 Å². The van der Waals surface area contributed by atoms with Gasteiger partial charge >= 0.3 is 0 Å². The molecular formula is C33H38N2O4. The summed E-state index contributed by atoms with van der Waals surface area (Å²) in [5.74, 6) is 1.19. The van der Waals surface area contributed by atoms with Gasteiger partial charge < -0.3 is 14.8 Å². The van der Waals surface area contributed by atoms with Crippen LogP contribution in [0.1, 0.15) is 84.7 Å². The van der Waals surface area contributed by atoms with Gasteiger partial charge in [0.1, 0.15) is 11.5 Å². The number of carbonyl (C=O) groups excluding carboxylic acids is 2. The van der Waals surface area contributed by atoms with Crippen LogP contribution in [0.2, 0.25) is 0 Å². The predicted octanol–water partition coefficient (Wildman–Crippen LogP) is 7.30. The second-order valence-electron chi connectivity index (χ2n) is 10.6. The van der Waals surface area contributed by atoms with Crippen LogP contribution in [0.15, 0.2) is 71.7 Å². The number of hydrogen-bond acceptors (Lipinski definition) is 5. The Kier molecular flexibility index (Phi) is 9.18. The van der Waals surface area contributed by atoms with Gasteiger partial charge in [-0.05, 0) is 80.8 Å². The van der Waals surface area contributed by atoms with Crippen LogP contribution < -0.4 is 14.8 Å². The standard InChI is InChI=1S/C33H38N2O4/c1-5-6-7-8-18-39-27-15-12-23(13-16-27)32(37)34-26-11-9-10-24(19-26)31(36)21-30-29-20-28(38-4)17-14-25(29)22-33(2,3)35-30/h9-17,19-20H,5-8,18,21-22H2,1-4H3,(H,34,37). The summed E-state index contributed by atoms with van der Waals surface area (Å²) in [5.41, 5.74) is 4.20. The van der Waals surface area contributed by atoms with Crippen molar-refractivity contribution in [3.8, 4) is 11.5 Å². The van der Waals surface area contributed by atoms with E-state index in [4.69, 9.17) is 14.5 Å². The molecule has 0 unspecified atom stereocenters. The number of aliphatic imine (C=N–C) groups is 1. The molecule has 1 aliphatic heterocycles. The van der Waals surface area contributed by atoms with Gasteiger partial charge in [0.05, 0.1) is 31.4 Å². The highest BCUT2D eigenvalue weighted by Gasteiger charge is 2.28. The SMILES string of the molecule is CCCCCCOc1ccc(C(=O)Nc2cccc(C(=O)CC3=NC(C)(C)Cc4ccc(OC)cc43)c2)cc1. The lowest BCUT2D eigenvalue weighted by Crippen LogP contribution is -2.30. The number of rotatable bonds is 12. The first-order valence-corrected chi connectivity index (χ1v) is 13.7. The minimum atomic E-state index is -0.289. The van der Waals surface area contributed by atoms with Crippen LogP contribution in [0.3, 0.4) is 0 Å². The van der Waals surface area contributed by atoms with Crippen LogP contribution in [0.4, 0.5) is 5.69 Å². The number of benzene rings is 3. The van der Waals surface area contributed by atoms with Gasteiger partial charge in [-0.15, -0.1) is 0 Å². The van der Waals surface area contributed by atoms with Crippen LogP contribution in [0.25, 0.3) is 0 Å². The highest BCUT2D eigenvalue weighted by Crippen LogP contribution is 2.31. The molecule has 1 aliphatic rings. The zero-order valence-electron chi connectivity index (χ0n) is 23.4. The molecule has 0 aromatic heterocycles. The lowest BCUT2D eigenvalue weighted by molar-refractivity contribution is 0.0996. The number of hydrogen-bond donors (Lipinski definition) is 1. The highest BCUT2D eigenvalue weighted by atomic mass is 16.5. The van der Waals surface area contributed by atoms with Crippen molar-refractivity contribution in [1.29, 1.82) is 0 Å². The predicted molar refractivity (Wildman–Crippen MR) is 157 cm³/mol. The van der Waals surface area contributed by atoms with E-state index in [0.29, 0.717) is 23.4 Å². The van der Waals surface area contributed by atoms with Gasteiger partial charge in [-0.2, -0.15) is 0 Å². The lowest BCUT2D eigenvalue weighted by atomic mass is 9.85. The maximum absolute atomic E-state index is 13.3. The number of nitrogens with one attached hydrogen (secondary N) is 1. The van der Waals surface area contributed by atoms with E-state index in [-0.39, 0.29) is 23.7 Å². The van der Waals surface area contributed by atoms with Crippen molar-refractivity contribution in [3.05, 3.63) is 89.0 Å². The number of anilines is 1. The third-order valence-electron chi connectivity index (χ3n) is 6.84. The summed E-state index contributed by atoms with van der Waals surface area (Å²) in [4.78, 5) is 31.1. The Bertz CT molecular complexity index is 1340. The molecule has 0 fully saturated rings. The Morgan fingerprint density at radius 3 is 2.44 bits per heavy atom. The van der Waals surface area contributed by atoms with E-state index < -0.39 is 0 Å². The van der Waals surface area contributed by atoms with Gasteiger partial charge in [0.15, 0.2) is 5.78 Å². The normalized spacial score (nSPS) is 13.7. The van der Waals surface area contributed by atoms with Crippen molar-refractivity contribution in [2.75, 3.05) is 19.0 Å². The molecular weight excluding hydrogens is 488 g/mol.